The molecule has 1 aliphatic rings. The summed E-state index contributed by atoms with van der Waals surface area (Å²) in [5.41, 5.74) is 7.92. The second-order valence-electron chi connectivity index (χ2n) is 9.25. The Bertz CT molecular complexity index is 1260. The minimum atomic E-state index is -2.02. The lowest BCUT2D eigenvalue weighted by Gasteiger charge is -2.38. The molecule has 30 heavy (non-hydrogen) atoms. The molecular formula is C27H28ClNSi. The zero-order chi connectivity index (χ0) is 21.2. The molecule has 0 N–H and O–H groups in total. The van der Waals surface area contributed by atoms with Crippen LogP contribution >= 0.6 is 11.6 Å². The van der Waals surface area contributed by atoms with Crippen molar-refractivity contribution in [3.63, 3.8) is 0 Å². The Kier molecular flexibility index (Phi) is 4.50. The fourth-order valence-corrected chi connectivity index (χ4v) is 12.6. The van der Waals surface area contributed by atoms with E-state index in [0.29, 0.717) is 11.1 Å². The molecule has 3 aromatic carbocycles. The smallest absolute Gasteiger partial charge is 0.127 e. The Labute approximate surface area is 185 Å². The Hall–Kier alpha value is -2.29. The fraction of sp³-hybridized carbons (Fsp3) is 0.259. The van der Waals surface area contributed by atoms with Crippen LogP contribution < -0.4 is 10.4 Å². The van der Waals surface area contributed by atoms with Crippen molar-refractivity contribution in [1.82, 2.24) is 4.57 Å². The van der Waals surface area contributed by atoms with Crippen LogP contribution in [-0.4, -0.2) is 12.6 Å². The van der Waals surface area contributed by atoms with Gasteiger partial charge in [0.05, 0.1) is 0 Å². The molecule has 0 saturated heterocycles. The zero-order valence-corrected chi connectivity index (χ0v) is 20.1. The number of halogens is 1. The van der Waals surface area contributed by atoms with E-state index in [9.17, 15) is 0 Å². The highest BCUT2D eigenvalue weighted by Crippen LogP contribution is 2.45. The van der Waals surface area contributed by atoms with Crippen molar-refractivity contribution in [1.29, 1.82) is 0 Å². The van der Waals surface area contributed by atoms with Crippen LogP contribution in [0.3, 0.4) is 0 Å². The van der Waals surface area contributed by atoms with Crippen molar-refractivity contribution in [2.45, 2.75) is 38.8 Å². The normalized spacial score (nSPS) is 14.5. The second-order valence-corrected chi connectivity index (χ2v) is 14.8. The van der Waals surface area contributed by atoms with Crippen LogP contribution in [0.15, 0.2) is 66.7 Å². The molecule has 152 valence electrons. The molecule has 0 bridgehead atoms. The van der Waals surface area contributed by atoms with Crippen LogP contribution in [0.2, 0.25) is 16.1 Å². The molecule has 1 aliphatic heterocycles. The van der Waals surface area contributed by atoms with E-state index in [1.165, 1.54) is 33.3 Å². The van der Waals surface area contributed by atoms with E-state index in [1.54, 1.807) is 10.4 Å². The molecule has 0 unspecified atom stereocenters. The first-order chi connectivity index (χ1) is 14.4. The van der Waals surface area contributed by atoms with Gasteiger partial charge in [-0.2, -0.15) is 0 Å². The summed E-state index contributed by atoms with van der Waals surface area (Å²) in [5, 5.41) is 5.42. The van der Waals surface area contributed by atoms with Crippen molar-refractivity contribution < 1.29 is 0 Å². The maximum atomic E-state index is 6.40. The summed E-state index contributed by atoms with van der Waals surface area (Å²) >= 11 is 6.40. The van der Waals surface area contributed by atoms with Gasteiger partial charge in [-0.25, -0.2) is 0 Å². The molecular weight excluding hydrogens is 402 g/mol. The van der Waals surface area contributed by atoms with Crippen LogP contribution in [-0.2, 0) is 7.05 Å². The predicted octanol–water partition coefficient (Wildman–Crippen LogP) is 6.86. The molecule has 1 aromatic heterocycles. The molecule has 0 aliphatic carbocycles. The molecule has 0 radical (unpaired) electrons. The van der Waals surface area contributed by atoms with E-state index in [1.807, 2.05) is 0 Å². The van der Waals surface area contributed by atoms with Gasteiger partial charge in [0.1, 0.15) is 8.07 Å². The van der Waals surface area contributed by atoms with Crippen LogP contribution in [0.4, 0.5) is 0 Å². The van der Waals surface area contributed by atoms with Crippen LogP contribution in [0.5, 0.6) is 0 Å². The quantitative estimate of drug-likeness (QED) is 0.313. The molecule has 0 atom stereocenters. The van der Waals surface area contributed by atoms with Gasteiger partial charge in [0.2, 0.25) is 0 Å². The molecule has 0 saturated carbocycles. The number of hydrogen-bond acceptors (Lipinski definition) is 0. The van der Waals surface area contributed by atoms with Crippen molar-refractivity contribution in [3.8, 4) is 22.4 Å². The number of rotatable bonds is 3. The van der Waals surface area contributed by atoms with Crippen molar-refractivity contribution >= 4 is 41.0 Å². The number of aryl methyl sites for hydroxylation is 1. The van der Waals surface area contributed by atoms with Gasteiger partial charge < -0.3 is 4.57 Å². The van der Waals surface area contributed by atoms with Gasteiger partial charge in [-0.15, -0.1) is 0 Å². The van der Waals surface area contributed by atoms with Gasteiger partial charge in [-0.1, -0.05) is 93.9 Å². The van der Waals surface area contributed by atoms with Crippen LogP contribution in [0, 0.1) is 0 Å². The minimum absolute atomic E-state index is 0.602. The largest absolute Gasteiger partial charge is 0.344 e. The highest BCUT2D eigenvalue weighted by Gasteiger charge is 2.52. The molecule has 4 aromatic rings. The van der Waals surface area contributed by atoms with Gasteiger partial charge in [0.25, 0.3) is 0 Å². The third-order valence-electron chi connectivity index (χ3n) is 7.23. The molecule has 0 fully saturated rings. The molecule has 0 amide bonds. The van der Waals surface area contributed by atoms with E-state index in [0.717, 1.165) is 5.02 Å². The Morgan fingerprint density at radius 1 is 0.800 bits per heavy atom. The van der Waals surface area contributed by atoms with Crippen LogP contribution in [0.1, 0.15) is 27.7 Å². The summed E-state index contributed by atoms with van der Waals surface area (Å²) in [6.07, 6.45) is 0. The average molecular weight is 430 g/mol. The summed E-state index contributed by atoms with van der Waals surface area (Å²) in [7, 11) is 0.188. The Balaban J connectivity index is 1.90. The number of aromatic nitrogens is 1. The first-order valence-electron chi connectivity index (χ1n) is 10.9. The summed E-state index contributed by atoms with van der Waals surface area (Å²) in [6, 6.07) is 24.4. The highest BCUT2D eigenvalue weighted by atomic mass is 35.5. The lowest BCUT2D eigenvalue weighted by atomic mass is 10.0. The Morgan fingerprint density at radius 3 is 2.17 bits per heavy atom. The van der Waals surface area contributed by atoms with Gasteiger partial charge in [0.15, 0.2) is 0 Å². The summed E-state index contributed by atoms with van der Waals surface area (Å²) in [4.78, 5) is 0. The molecule has 2 heterocycles. The number of nitrogens with zero attached hydrogens (tertiary/aromatic N) is 1. The standard InChI is InChI=1S/C27H28ClNSi/c1-17(2)30(18(3)4)25-15-20(19-9-7-6-8-10-19)11-13-23(25)26-27(30)22-14-12-21(28)16-24(22)29(26)5/h6-18H,1-5H3. The van der Waals surface area contributed by atoms with E-state index >= 15 is 0 Å². The predicted molar refractivity (Wildman–Crippen MR) is 134 cm³/mol. The lowest BCUT2D eigenvalue weighted by Crippen LogP contribution is -2.60. The second kappa shape index (κ2) is 6.86. The van der Waals surface area contributed by atoms with Gasteiger partial charge in [0, 0.05) is 28.7 Å². The molecule has 0 spiro atoms. The number of hydrogen-bond donors (Lipinski definition) is 0. The number of benzene rings is 3. The zero-order valence-electron chi connectivity index (χ0n) is 18.3. The topological polar surface area (TPSA) is 4.93 Å². The van der Waals surface area contributed by atoms with E-state index in [2.05, 4.69) is 106 Å². The maximum Gasteiger partial charge on any atom is 0.127 e. The summed E-state index contributed by atoms with van der Waals surface area (Å²) < 4.78 is 2.39. The van der Waals surface area contributed by atoms with Gasteiger partial charge in [-0.05, 0) is 50.3 Å². The average Bonchev–Trinajstić information content (AvgIpc) is 3.19. The SMILES string of the molecule is CC(C)[Si]1(C(C)C)c2cc(-c3ccccc3)ccc2-c2c1c1ccc(Cl)cc1n2C. The number of fused-ring (bicyclic) bond motifs is 5. The van der Waals surface area contributed by atoms with Crippen molar-refractivity contribution in [3.05, 3.63) is 71.8 Å². The maximum absolute atomic E-state index is 6.40. The van der Waals surface area contributed by atoms with Gasteiger partial charge in [-0.3, -0.25) is 0 Å². The molecule has 1 nitrogen and oxygen atoms in total. The van der Waals surface area contributed by atoms with E-state index in [-0.39, 0.29) is 0 Å². The van der Waals surface area contributed by atoms with Gasteiger partial charge >= 0.3 is 0 Å². The van der Waals surface area contributed by atoms with E-state index < -0.39 is 8.07 Å². The summed E-state index contributed by atoms with van der Waals surface area (Å²) in [5.74, 6) is 0. The van der Waals surface area contributed by atoms with E-state index in [4.69, 9.17) is 11.6 Å². The molecule has 3 heteroatoms. The summed E-state index contributed by atoms with van der Waals surface area (Å²) in [6.45, 7) is 9.76. The first-order valence-corrected chi connectivity index (χ1v) is 13.4. The van der Waals surface area contributed by atoms with Crippen molar-refractivity contribution in [2.75, 3.05) is 0 Å². The third kappa shape index (κ3) is 2.47. The monoisotopic (exact) mass is 429 g/mol. The Morgan fingerprint density at radius 2 is 1.50 bits per heavy atom. The van der Waals surface area contributed by atoms with Crippen molar-refractivity contribution in [2.24, 2.45) is 7.05 Å². The third-order valence-corrected chi connectivity index (χ3v) is 13.7. The minimum Gasteiger partial charge on any atom is -0.344 e. The lowest BCUT2D eigenvalue weighted by molar-refractivity contribution is 0.930. The first kappa shape index (κ1) is 19.7. The fourth-order valence-electron chi connectivity index (χ4n) is 6.05. The molecule has 5 rings (SSSR count). The highest BCUT2D eigenvalue weighted by molar-refractivity contribution is 7.08. The van der Waals surface area contributed by atoms with Crippen LogP contribution in [0.25, 0.3) is 33.3 Å².